The summed E-state index contributed by atoms with van der Waals surface area (Å²) in [4.78, 5) is 12.6. The number of aryl methyl sites for hydroxylation is 2. The van der Waals surface area contributed by atoms with Crippen LogP contribution in [0.25, 0.3) is 0 Å². The number of anilines is 1. The number of fused-ring (bicyclic) bond motifs is 2. The van der Waals surface area contributed by atoms with E-state index in [9.17, 15) is 14.1 Å². The first-order chi connectivity index (χ1) is 14.1. The van der Waals surface area contributed by atoms with Gasteiger partial charge in [0.1, 0.15) is 9.92 Å². The average molecular weight is 428 g/mol. The minimum absolute atomic E-state index is 0.0302. The first-order valence-corrected chi connectivity index (χ1v) is 12.2. The third-order valence-corrected chi connectivity index (χ3v) is 7.20. The molecule has 0 heterocycles. The molecule has 0 saturated carbocycles. The Morgan fingerprint density at radius 3 is 2.20 bits per heavy atom. The first kappa shape index (κ1) is 21.0. The Morgan fingerprint density at radius 1 is 1.10 bits per heavy atom. The molecule has 6 nitrogen and oxygen atoms in total. The molecular formula is C23H29N3O3S. The number of nitrogens with two attached hydrogens (primary N) is 1. The van der Waals surface area contributed by atoms with Crippen LogP contribution in [0.3, 0.4) is 0 Å². The van der Waals surface area contributed by atoms with Gasteiger partial charge in [-0.25, -0.2) is 14.1 Å². The van der Waals surface area contributed by atoms with Gasteiger partial charge in [-0.05, 0) is 85.8 Å². The predicted molar refractivity (Wildman–Crippen MR) is 120 cm³/mol. The van der Waals surface area contributed by atoms with Gasteiger partial charge in [-0.15, -0.1) is 4.36 Å². The van der Waals surface area contributed by atoms with Gasteiger partial charge in [-0.2, -0.15) is 0 Å². The Balaban J connectivity index is 1.54. The van der Waals surface area contributed by atoms with Crippen molar-refractivity contribution in [3.63, 3.8) is 0 Å². The predicted octanol–water partition coefficient (Wildman–Crippen LogP) is 3.97. The standard InChI is InChI=1S/C23H29N3O3S/c1-23(2,28)18-11-9-15(10-12-18)14-30(24,29)26-22(27)25-21-19-7-3-5-16(19)13-17-6-4-8-20(17)21/h9-13,28H,3-8,14H2,1-2H3,(H3,24,25,26,27,29)/t30-/m0/s1. The van der Waals surface area contributed by atoms with E-state index in [1.807, 2.05) is 0 Å². The summed E-state index contributed by atoms with van der Waals surface area (Å²) in [5.41, 5.74) is 6.39. The molecule has 30 heavy (non-hydrogen) atoms. The Morgan fingerprint density at radius 2 is 1.67 bits per heavy atom. The van der Waals surface area contributed by atoms with Crippen LogP contribution in [-0.2, 0) is 47.0 Å². The van der Waals surface area contributed by atoms with Crippen LogP contribution >= 0.6 is 0 Å². The zero-order chi connectivity index (χ0) is 21.5. The fourth-order valence-electron chi connectivity index (χ4n) is 4.52. The number of nitrogens with zero attached hydrogens (tertiary/aromatic N) is 1. The second kappa shape index (κ2) is 7.80. The number of carbonyl (C=O) groups excluding carboxylic acids is 1. The molecular weight excluding hydrogens is 398 g/mol. The molecule has 0 bridgehead atoms. The summed E-state index contributed by atoms with van der Waals surface area (Å²) in [6, 6.07) is 8.68. The number of nitrogens with one attached hydrogen (secondary N) is 1. The molecule has 0 saturated heterocycles. The van der Waals surface area contributed by atoms with Gasteiger partial charge < -0.3 is 10.4 Å². The summed E-state index contributed by atoms with van der Waals surface area (Å²) in [6.07, 6.45) is 6.15. The lowest BCUT2D eigenvalue weighted by Gasteiger charge is -2.18. The zero-order valence-corrected chi connectivity index (χ0v) is 18.3. The van der Waals surface area contributed by atoms with Gasteiger partial charge in [0.05, 0.1) is 11.4 Å². The van der Waals surface area contributed by atoms with Gasteiger partial charge >= 0.3 is 6.03 Å². The van der Waals surface area contributed by atoms with Crippen molar-refractivity contribution in [1.29, 1.82) is 0 Å². The minimum Gasteiger partial charge on any atom is -0.386 e. The largest absolute Gasteiger partial charge is 0.386 e. The molecule has 7 heteroatoms. The number of amides is 2. The summed E-state index contributed by atoms with van der Waals surface area (Å²) in [5, 5.41) is 18.9. The maximum Gasteiger partial charge on any atom is 0.354 e. The molecule has 2 aliphatic rings. The molecule has 0 unspecified atom stereocenters. The molecule has 0 radical (unpaired) electrons. The van der Waals surface area contributed by atoms with Crippen molar-refractivity contribution in [2.24, 2.45) is 9.50 Å². The van der Waals surface area contributed by atoms with Crippen LogP contribution in [-0.4, -0.2) is 15.3 Å². The second-order valence-corrected chi connectivity index (χ2v) is 10.7. The highest BCUT2D eigenvalue weighted by molar-refractivity contribution is 7.90. The van der Waals surface area contributed by atoms with Crippen molar-refractivity contribution in [2.45, 2.75) is 63.7 Å². The Labute approximate surface area is 178 Å². The van der Waals surface area contributed by atoms with E-state index in [0.717, 1.165) is 49.8 Å². The summed E-state index contributed by atoms with van der Waals surface area (Å²) in [6.45, 7) is 3.40. The van der Waals surface area contributed by atoms with Crippen molar-refractivity contribution in [2.75, 3.05) is 5.32 Å². The number of carbonyl (C=O) groups is 1. The second-order valence-electron chi connectivity index (χ2n) is 8.85. The lowest BCUT2D eigenvalue weighted by Crippen LogP contribution is -2.20. The monoisotopic (exact) mass is 427 g/mol. The first-order valence-electron chi connectivity index (χ1n) is 10.4. The summed E-state index contributed by atoms with van der Waals surface area (Å²) in [5.74, 6) is -0.0302. The summed E-state index contributed by atoms with van der Waals surface area (Å²) < 4.78 is 16.6. The van der Waals surface area contributed by atoms with Gasteiger partial charge in [0.2, 0.25) is 0 Å². The zero-order valence-electron chi connectivity index (χ0n) is 17.5. The number of aliphatic hydroxyl groups is 1. The van der Waals surface area contributed by atoms with Crippen molar-refractivity contribution >= 4 is 21.6 Å². The van der Waals surface area contributed by atoms with E-state index in [2.05, 4.69) is 15.7 Å². The van der Waals surface area contributed by atoms with Crippen LogP contribution in [0.4, 0.5) is 10.5 Å². The molecule has 0 spiro atoms. The van der Waals surface area contributed by atoms with E-state index in [0.29, 0.717) is 5.56 Å². The summed E-state index contributed by atoms with van der Waals surface area (Å²) in [7, 11) is -3.23. The molecule has 4 N–H and O–H groups in total. The van der Waals surface area contributed by atoms with Crippen LogP contribution in [0, 0.1) is 0 Å². The van der Waals surface area contributed by atoms with E-state index in [1.54, 1.807) is 38.1 Å². The maximum atomic E-state index is 12.8. The number of urea groups is 1. The number of rotatable bonds is 4. The Hall–Kier alpha value is -2.22. The fourth-order valence-corrected chi connectivity index (χ4v) is 5.58. The van der Waals surface area contributed by atoms with Crippen molar-refractivity contribution in [3.05, 3.63) is 63.7 Å². The number of benzene rings is 2. The van der Waals surface area contributed by atoms with Crippen LogP contribution in [0.2, 0.25) is 0 Å². The van der Waals surface area contributed by atoms with Crippen LogP contribution in [0.15, 0.2) is 34.7 Å². The SMILES string of the molecule is CC(C)(O)c1ccc(C[S@@](N)(=O)=NC(=O)Nc2c3c(cc4c2CCC4)CCC3)cc1. The molecule has 2 aromatic carbocycles. The van der Waals surface area contributed by atoms with E-state index < -0.39 is 21.5 Å². The third-order valence-electron chi connectivity index (χ3n) is 5.98. The fraction of sp³-hybridized carbons (Fsp3) is 0.435. The van der Waals surface area contributed by atoms with Gasteiger partial charge in [-0.3, -0.25) is 0 Å². The smallest absolute Gasteiger partial charge is 0.354 e. The van der Waals surface area contributed by atoms with E-state index in [1.165, 1.54) is 22.3 Å². The lowest BCUT2D eigenvalue weighted by atomic mass is 9.98. The molecule has 2 amide bonds. The normalized spacial score (nSPS) is 17.2. The highest BCUT2D eigenvalue weighted by Crippen LogP contribution is 2.38. The summed E-state index contributed by atoms with van der Waals surface area (Å²) >= 11 is 0. The van der Waals surface area contributed by atoms with E-state index in [-0.39, 0.29) is 5.75 Å². The van der Waals surface area contributed by atoms with Crippen LogP contribution in [0.1, 0.15) is 60.1 Å². The van der Waals surface area contributed by atoms with Gasteiger partial charge in [0, 0.05) is 5.69 Å². The quantitative estimate of drug-likeness (QED) is 0.688. The van der Waals surface area contributed by atoms with Crippen molar-refractivity contribution < 1.29 is 14.1 Å². The molecule has 0 aromatic heterocycles. The Kier molecular flexibility index (Phi) is 5.46. The molecule has 0 aliphatic heterocycles. The van der Waals surface area contributed by atoms with Crippen molar-refractivity contribution in [1.82, 2.24) is 0 Å². The molecule has 2 aliphatic carbocycles. The molecule has 1 atom stereocenters. The molecule has 2 aromatic rings. The minimum atomic E-state index is -3.23. The lowest BCUT2D eigenvalue weighted by molar-refractivity contribution is 0.0786. The van der Waals surface area contributed by atoms with Crippen molar-refractivity contribution in [3.8, 4) is 0 Å². The topological polar surface area (TPSA) is 105 Å². The third kappa shape index (κ3) is 4.43. The average Bonchev–Trinajstić information content (AvgIpc) is 3.29. The van der Waals surface area contributed by atoms with Gasteiger partial charge in [0.25, 0.3) is 0 Å². The highest BCUT2D eigenvalue weighted by atomic mass is 32.2. The maximum absolute atomic E-state index is 12.8. The van der Waals surface area contributed by atoms with Crippen LogP contribution < -0.4 is 10.5 Å². The van der Waals surface area contributed by atoms with Gasteiger partial charge in [-0.1, -0.05) is 30.3 Å². The molecule has 0 fully saturated rings. The number of hydrogen-bond acceptors (Lipinski definition) is 3. The molecule has 160 valence electrons. The van der Waals surface area contributed by atoms with E-state index in [4.69, 9.17) is 5.14 Å². The number of hydrogen-bond donors (Lipinski definition) is 3. The van der Waals surface area contributed by atoms with Gasteiger partial charge in [0.15, 0.2) is 0 Å². The van der Waals surface area contributed by atoms with E-state index >= 15 is 0 Å². The van der Waals surface area contributed by atoms with Crippen LogP contribution in [0.5, 0.6) is 0 Å². The highest BCUT2D eigenvalue weighted by Gasteiger charge is 2.25. The Bertz CT molecular complexity index is 1080. The molecule has 4 rings (SSSR count).